The molecule has 0 radical (unpaired) electrons. The Morgan fingerprint density at radius 3 is 2.92 bits per heavy atom. The van der Waals surface area contributed by atoms with Crippen LogP contribution in [0.25, 0.3) is 0 Å². The minimum absolute atomic E-state index is 0.156. The SMILES string of the molecule is CC1OC1NCc1cccc(F)c1. The van der Waals surface area contributed by atoms with Crippen molar-refractivity contribution in [3.63, 3.8) is 0 Å². The highest BCUT2D eigenvalue weighted by Crippen LogP contribution is 2.18. The van der Waals surface area contributed by atoms with Crippen LogP contribution in [0.2, 0.25) is 0 Å². The third kappa shape index (κ3) is 2.26. The number of benzene rings is 1. The number of nitrogens with one attached hydrogen (secondary N) is 1. The van der Waals surface area contributed by atoms with Crippen molar-refractivity contribution in [2.45, 2.75) is 25.8 Å². The van der Waals surface area contributed by atoms with Crippen LogP contribution in [0.15, 0.2) is 24.3 Å². The largest absolute Gasteiger partial charge is 0.354 e. The van der Waals surface area contributed by atoms with Crippen molar-refractivity contribution in [1.82, 2.24) is 5.32 Å². The van der Waals surface area contributed by atoms with Crippen molar-refractivity contribution in [3.8, 4) is 0 Å². The van der Waals surface area contributed by atoms with E-state index in [1.807, 2.05) is 13.0 Å². The van der Waals surface area contributed by atoms with Gasteiger partial charge in [0.05, 0.1) is 6.10 Å². The van der Waals surface area contributed by atoms with Crippen molar-refractivity contribution in [1.29, 1.82) is 0 Å². The molecule has 1 fully saturated rings. The number of ether oxygens (including phenoxy) is 1. The maximum Gasteiger partial charge on any atom is 0.135 e. The van der Waals surface area contributed by atoms with Crippen molar-refractivity contribution >= 4 is 0 Å². The van der Waals surface area contributed by atoms with Crippen molar-refractivity contribution in [2.75, 3.05) is 0 Å². The number of rotatable bonds is 3. The van der Waals surface area contributed by atoms with E-state index in [9.17, 15) is 4.39 Å². The molecule has 0 aliphatic carbocycles. The molecule has 13 heavy (non-hydrogen) atoms. The molecular weight excluding hydrogens is 169 g/mol. The Bertz CT molecular complexity index is 303. The summed E-state index contributed by atoms with van der Waals surface area (Å²) < 4.78 is 17.9. The van der Waals surface area contributed by atoms with E-state index in [1.165, 1.54) is 12.1 Å². The molecule has 2 nitrogen and oxygen atoms in total. The molecule has 2 atom stereocenters. The molecule has 1 aromatic rings. The standard InChI is InChI=1S/C10H12FNO/c1-7-10(13-7)12-6-8-3-2-4-9(11)5-8/h2-5,7,10,12H,6H2,1H3. The van der Waals surface area contributed by atoms with E-state index in [1.54, 1.807) is 6.07 Å². The van der Waals surface area contributed by atoms with Crippen LogP contribution in [-0.2, 0) is 11.3 Å². The van der Waals surface area contributed by atoms with E-state index >= 15 is 0 Å². The second kappa shape index (κ2) is 3.44. The zero-order valence-corrected chi connectivity index (χ0v) is 7.46. The van der Waals surface area contributed by atoms with E-state index in [2.05, 4.69) is 5.32 Å². The predicted molar refractivity (Wildman–Crippen MR) is 47.6 cm³/mol. The molecule has 0 bridgehead atoms. The molecule has 2 unspecified atom stereocenters. The Labute approximate surface area is 76.7 Å². The number of halogens is 1. The summed E-state index contributed by atoms with van der Waals surface area (Å²) in [5.74, 6) is -0.191. The zero-order valence-electron chi connectivity index (χ0n) is 7.46. The van der Waals surface area contributed by atoms with Gasteiger partial charge in [0.25, 0.3) is 0 Å². The minimum atomic E-state index is -0.191. The van der Waals surface area contributed by atoms with Gasteiger partial charge in [0.15, 0.2) is 0 Å². The van der Waals surface area contributed by atoms with Gasteiger partial charge >= 0.3 is 0 Å². The second-order valence-corrected chi connectivity index (χ2v) is 3.27. The van der Waals surface area contributed by atoms with Crippen LogP contribution < -0.4 is 5.32 Å². The monoisotopic (exact) mass is 181 g/mol. The first-order valence-corrected chi connectivity index (χ1v) is 4.39. The van der Waals surface area contributed by atoms with Crippen LogP contribution in [0.5, 0.6) is 0 Å². The summed E-state index contributed by atoms with van der Waals surface area (Å²) in [7, 11) is 0. The van der Waals surface area contributed by atoms with Gasteiger partial charge in [-0.1, -0.05) is 12.1 Å². The lowest BCUT2D eigenvalue weighted by atomic mass is 10.2. The molecule has 0 spiro atoms. The first-order valence-electron chi connectivity index (χ1n) is 4.39. The third-order valence-electron chi connectivity index (χ3n) is 2.11. The predicted octanol–water partition coefficient (Wildman–Crippen LogP) is 1.66. The van der Waals surface area contributed by atoms with Gasteiger partial charge in [-0.15, -0.1) is 0 Å². The van der Waals surface area contributed by atoms with Gasteiger partial charge in [0.1, 0.15) is 12.0 Å². The maximum atomic E-state index is 12.7. The fourth-order valence-corrected chi connectivity index (χ4v) is 1.27. The third-order valence-corrected chi connectivity index (χ3v) is 2.11. The van der Waals surface area contributed by atoms with Crippen LogP contribution in [0.4, 0.5) is 4.39 Å². The van der Waals surface area contributed by atoms with E-state index in [4.69, 9.17) is 4.74 Å². The molecule has 1 N–H and O–H groups in total. The highest BCUT2D eigenvalue weighted by Gasteiger charge is 2.33. The van der Waals surface area contributed by atoms with E-state index < -0.39 is 0 Å². The normalized spacial score (nSPS) is 26.0. The first-order chi connectivity index (χ1) is 6.25. The number of epoxide rings is 1. The Kier molecular flexibility index (Phi) is 2.29. The van der Waals surface area contributed by atoms with Gasteiger partial charge < -0.3 is 4.74 Å². The fraction of sp³-hybridized carbons (Fsp3) is 0.400. The molecule has 70 valence electrons. The maximum absolute atomic E-state index is 12.7. The van der Waals surface area contributed by atoms with Gasteiger partial charge in [-0.05, 0) is 24.6 Å². The highest BCUT2D eigenvalue weighted by molar-refractivity contribution is 5.16. The molecule has 0 aromatic heterocycles. The number of hydrogen-bond acceptors (Lipinski definition) is 2. The average molecular weight is 181 g/mol. The first kappa shape index (κ1) is 8.66. The van der Waals surface area contributed by atoms with Gasteiger partial charge in [0.2, 0.25) is 0 Å². The summed E-state index contributed by atoms with van der Waals surface area (Å²) in [6.07, 6.45) is 0.455. The van der Waals surface area contributed by atoms with Crippen molar-refractivity contribution in [3.05, 3.63) is 35.6 Å². The summed E-state index contributed by atoms with van der Waals surface area (Å²) in [5.41, 5.74) is 0.947. The van der Waals surface area contributed by atoms with Gasteiger partial charge in [-0.2, -0.15) is 0 Å². The average Bonchev–Trinajstić information content (AvgIpc) is 2.79. The summed E-state index contributed by atoms with van der Waals surface area (Å²) >= 11 is 0. The Morgan fingerprint density at radius 2 is 2.31 bits per heavy atom. The summed E-state index contributed by atoms with van der Waals surface area (Å²) in [6, 6.07) is 6.58. The molecule has 1 saturated heterocycles. The van der Waals surface area contributed by atoms with Gasteiger partial charge in [-0.25, -0.2) is 4.39 Å². The lowest BCUT2D eigenvalue weighted by molar-refractivity contribution is 0.349. The van der Waals surface area contributed by atoms with E-state index in [-0.39, 0.29) is 12.0 Å². The quantitative estimate of drug-likeness (QED) is 0.717. The lowest BCUT2D eigenvalue weighted by Crippen LogP contribution is -2.18. The van der Waals surface area contributed by atoms with Crippen LogP contribution in [-0.4, -0.2) is 12.3 Å². The Balaban J connectivity index is 1.87. The van der Waals surface area contributed by atoms with Crippen LogP contribution in [0.1, 0.15) is 12.5 Å². The zero-order chi connectivity index (χ0) is 9.26. The van der Waals surface area contributed by atoms with Crippen LogP contribution in [0, 0.1) is 5.82 Å². The molecule has 0 amide bonds. The fourth-order valence-electron chi connectivity index (χ4n) is 1.27. The molecule has 1 heterocycles. The Morgan fingerprint density at radius 1 is 1.54 bits per heavy atom. The highest BCUT2D eigenvalue weighted by atomic mass is 19.1. The molecule has 1 aliphatic heterocycles. The minimum Gasteiger partial charge on any atom is -0.354 e. The lowest BCUT2D eigenvalue weighted by Gasteiger charge is -2.00. The van der Waals surface area contributed by atoms with E-state index in [0.29, 0.717) is 12.6 Å². The molecule has 1 aromatic carbocycles. The molecular formula is C10H12FNO. The molecule has 2 rings (SSSR count). The summed E-state index contributed by atoms with van der Waals surface area (Å²) in [4.78, 5) is 0. The summed E-state index contributed by atoms with van der Waals surface area (Å²) in [6.45, 7) is 2.66. The van der Waals surface area contributed by atoms with Crippen molar-refractivity contribution < 1.29 is 9.13 Å². The number of hydrogen-bond donors (Lipinski definition) is 1. The molecule has 1 aliphatic rings. The van der Waals surface area contributed by atoms with E-state index in [0.717, 1.165) is 5.56 Å². The molecule has 3 heteroatoms. The smallest absolute Gasteiger partial charge is 0.135 e. The second-order valence-electron chi connectivity index (χ2n) is 3.27. The van der Waals surface area contributed by atoms with Crippen molar-refractivity contribution in [2.24, 2.45) is 0 Å². The van der Waals surface area contributed by atoms with Crippen LogP contribution >= 0.6 is 0 Å². The summed E-state index contributed by atoms with van der Waals surface area (Å²) in [5, 5.41) is 3.16. The molecule has 0 saturated carbocycles. The van der Waals surface area contributed by atoms with Crippen LogP contribution in [0.3, 0.4) is 0 Å². The van der Waals surface area contributed by atoms with Gasteiger partial charge in [-0.3, -0.25) is 5.32 Å². The Hall–Kier alpha value is -0.930. The topological polar surface area (TPSA) is 24.6 Å². The van der Waals surface area contributed by atoms with Gasteiger partial charge in [0, 0.05) is 6.54 Å².